The van der Waals surface area contributed by atoms with Crippen molar-refractivity contribution in [3.05, 3.63) is 0 Å². The van der Waals surface area contributed by atoms with Crippen LogP contribution in [0.4, 0.5) is 0 Å². The van der Waals surface area contributed by atoms with Crippen LogP contribution >= 0.6 is 0 Å². The highest BCUT2D eigenvalue weighted by atomic mass is 16.6. The van der Waals surface area contributed by atoms with E-state index in [1.807, 2.05) is 0 Å². The molecule has 8 N–H and O–H groups in total. The van der Waals surface area contributed by atoms with Crippen molar-refractivity contribution in [1.29, 1.82) is 0 Å². The summed E-state index contributed by atoms with van der Waals surface area (Å²) in [4.78, 5) is 12.5. The van der Waals surface area contributed by atoms with Gasteiger partial charge in [-0.05, 0) is 0 Å². The summed E-state index contributed by atoms with van der Waals surface area (Å²) in [6.45, 7) is -1.49. The largest absolute Gasteiger partial charge is 0.394 e. The average Bonchev–Trinajstić information content (AvgIpc) is 2.58. The molecule has 0 unspecified atom stereocenters. The van der Waals surface area contributed by atoms with E-state index in [-0.39, 0.29) is 0 Å². The van der Waals surface area contributed by atoms with E-state index in [9.17, 15) is 35.4 Å². The van der Waals surface area contributed by atoms with Gasteiger partial charge in [-0.15, -0.1) is 0 Å². The Balaban J connectivity index is 2.20. The third-order valence-electron chi connectivity index (χ3n) is 4.35. The minimum atomic E-state index is -1.87. The number of carbonyl (C=O) groups excluding carboxylic acids is 1. The number of hydrogen-bond donors (Lipinski definition) is 8. The van der Waals surface area contributed by atoms with Gasteiger partial charge >= 0.3 is 0 Å². The third kappa shape index (κ3) is 3.32. The molecule has 11 nitrogen and oxygen atoms in total. The summed E-state index contributed by atoms with van der Waals surface area (Å²) in [5.74, 6) is -1.08. The van der Waals surface area contributed by atoms with Gasteiger partial charge in [-0.2, -0.15) is 0 Å². The summed E-state index contributed by atoms with van der Waals surface area (Å²) in [5.41, 5.74) is 0. The maximum absolute atomic E-state index is 12.5. The monoisotopic (exact) mass is 354 g/mol. The van der Waals surface area contributed by atoms with Gasteiger partial charge in [0.25, 0.3) is 0 Å². The van der Waals surface area contributed by atoms with E-state index in [4.69, 9.17) is 19.7 Å². The Hall–Kier alpha value is -0.730. The molecule has 24 heavy (non-hydrogen) atoms. The molecular weight excluding hydrogens is 332 g/mol. The minimum Gasteiger partial charge on any atom is -0.394 e. The zero-order chi connectivity index (χ0) is 18.2. The molecule has 0 saturated carbocycles. The predicted octanol–water partition coefficient (Wildman–Crippen LogP) is -5.76. The zero-order valence-electron chi connectivity index (χ0n) is 12.5. The highest BCUT2D eigenvalue weighted by Crippen LogP contribution is 2.27. The van der Waals surface area contributed by atoms with Gasteiger partial charge in [-0.1, -0.05) is 0 Å². The van der Waals surface area contributed by atoms with Crippen LogP contribution in [0.5, 0.6) is 0 Å². The summed E-state index contributed by atoms with van der Waals surface area (Å²) in [5, 5.41) is 76.8. The van der Waals surface area contributed by atoms with Crippen LogP contribution in [0.25, 0.3) is 0 Å². The van der Waals surface area contributed by atoms with Gasteiger partial charge < -0.3 is 50.3 Å². The maximum atomic E-state index is 12.5. The van der Waals surface area contributed by atoms with Crippen LogP contribution in [0.3, 0.4) is 0 Å². The zero-order valence-corrected chi connectivity index (χ0v) is 12.5. The SMILES string of the molecule is O=C([C@@H]1O[C@H](CO)[C@H](O)[C@H](O)[C@H]1O)[C@@H]1O[C@H](CO)[C@H](O)[C@H](O)[C@H]1O. The molecule has 0 radical (unpaired) electrons. The van der Waals surface area contributed by atoms with Crippen molar-refractivity contribution in [3.63, 3.8) is 0 Å². The van der Waals surface area contributed by atoms with Crippen molar-refractivity contribution in [3.8, 4) is 0 Å². The number of aliphatic hydroxyl groups is 8. The van der Waals surface area contributed by atoms with Gasteiger partial charge in [0.2, 0.25) is 0 Å². The molecule has 2 aliphatic rings. The van der Waals surface area contributed by atoms with Crippen molar-refractivity contribution < 1.29 is 55.1 Å². The molecule has 0 spiro atoms. The molecule has 2 aliphatic heterocycles. The number of carbonyl (C=O) groups is 1. The van der Waals surface area contributed by atoms with E-state index >= 15 is 0 Å². The summed E-state index contributed by atoms with van der Waals surface area (Å²) in [6, 6.07) is 0. The summed E-state index contributed by atoms with van der Waals surface area (Å²) in [7, 11) is 0. The predicted molar refractivity (Wildman–Crippen MR) is 72.5 cm³/mol. The smallest absolute Gasteiger partial charge is 0.195 e. The topological polar surface area (TPSA) is 197 Å². The lowest BCUT2D eigenvalue weighted by molar-refractivity contribution is -0.249. The van der Waals surface area contributed by atoms with Crippen LogP contribution in [-0.4, -0.2) is 121 Å². The molecule has 0 aliphatic carbocycles. The number of ether oxygens (including phenoxy) is 2. The molecule has 2 saturated heterocycles. The lowest BCUT2D eigenvalue weighted by atomic mass is 9.87. The number of rotatable bonds is 4. The molecule has 0 aromatic heterocycles. The van der Waals surface area contributed by atoms with Crippen molar-refractivity contribution in [2.75, 3.05) is 13.2 Å². The Morgan fingerprint density at radius 2 is 0.958 bits per heavy atom. The molecule has 2 fully saturated rings. The molecule has 0 aromatic carbocycles. The van der Waals surface area contributed by atoms with Gasteiger partial charge in [0.15, 0.2) is 5.78 Å². The number of ketones is 1. The van der Waals surface area contributed by atoms with Crippen molar-refractivity contribution in [2.45, 2.75) is 61.0 Å². The molecule has 0 bridgehead atoms. The van der Waals surface area contributed by atoms with E-state index in [1.165, 1.54) is 0 Å². The Bertz CT molecular complexity index is 404. The van der Waals surface area contributed by atoms with Crippen molar-refractivity contribution in [2.24, 2.45) is 0 Å². The van der Waals surface area contributed by atoms with E-state index in [2.05, 4.69) is 0 Å². The Kier molecular flexibility index (Phi) is 6.25. The number of Topliss-reactive ketones (excluding diaryl/α,β-unsaturated/α-hetero) is 1. The van der Waals surface area contributed by atoms with Crippen LogP contribution in [0.2, 0.25) is 0 Å². The van der Waals surface area contributed by atoms with E-state index in [0.29, 0.717) is 0 Å². The first-order chi connectivity index (χ1) is 11.2. The van der Waals surface area contributed by atoms with Gasteiger partial charge in [0, 0.05) is 0 Å². The lowest BCUT2D eigenvalue weighted by Crippen LogP contribution is -2.66. The molecule has 2 rings (SSSR count). The summed E-state index contributed by atoms with van der Waals surface area (Å²) < 4.78 is 10.1. The van der Waals surface area contributed by atoms with Gasteiger partial charge in [0.1, 0.15) is 61.0 Å². The van der Waals surface area contributed by atoms with Gasteiger partial charge in [-0.25, -0.2) is 0 Å². The van der Waals surface area contributed by atoms with E-state index < -0.39 is 80.0 Å². The molecule has 10 atom stereocenters. The second kappa shape index (κ2) is 7.66. The van der Waals surface area contributed by atoms with Crippen LogP contribution in [0.15, 0.2) is 0 Å². The molecule has 0 amide bonds. The highest BCUT2D eigenvalue weighted by Gasteiger charge is 2.53. The Labute approximate surface area is 136 Å². The van der Waals surface area contributed by atoms with Crippen molar-refractivity contribution >= 4 is 5.78 Å². The lowest BCUT2D eigenvalue weighted by Gasteiger charge is -2.43. The fraction of sp³-hybridized carbons (Fsp3) is 0.923. The maximum Gasteiger partial charge on any atom is 0.195 e. The molecule has 2 heterocycles. The Morgan fingerprint density at radius 1 is 0.625 bits per heavy atom. The third-order valence-corrected chi connectivity index (χ3v) is 4.35. The van der Waals surface area contributed by atoms with Crippen LogP contribution in [0, 0.1) is 0 Å². The first-order valence-electron chi connectivity index (χ1n) is 7.39. The van der Waals surface area contributed by atoms with Crippen molar-refractivity contribution in [1.82, 2.24) is 0 Å². The fourth-order valence-electron chi connectivity index (χ4n) is 2.84. The molecular formula is C13H22O11. The standard InChI is InChI=1S/C13H22O11/c14-1-3-5(16)7(18)9(20)12(23-3)11(22)13-10(21)8(19)6(17)4(2-15)24-13/h3-10,12-21H,1-2H2/t3-,4-,5+,6+,7+,8+,9-,10-,12-,13-/m1/s1. The first-order valence-corrected chi connectivity index (χ1v) is 7.39. The quantitative estimate of drug-likeness (QED) is 0.239. The second-order valence-electron chi connectivity index (χ2n) is 5.90. The van der Waals surface area contributed by atoms with Crippen LogP contribution in [-0.2, 0) is 14.3 Å². The summed E-state index contributed by atoms with van der Waals surface area (Å²) >= 11 is 0. The first kappa shape index (κ1) is 19.6. The van der Waals surface area contributed by atoms with Crippen LogP contribution in [0.1, 0.15) is 0 Å². The highest BCUT2D eigenvalue weighted by molar-refractivity contribution is 5.89. The van der Waals surface area contributed by atoms with E-state index in [0.717, 1.165) is 0 Å². The van der Waals surface area contributed by atoms with E-state index in [1.54, 1.807) is 0 Å². The second-order valence-corrected chi connectivity index (χ2v) is 5.90. The van der Waals surface area contributed by atoms with Crippen LogP contribution < -0.4 is 0 Å². The number of aliphatic hydroxyl groups excluding tert-OH is 8. The summed E-state index contributed by atoms with van der Waals surface area (Å²) in [6.07, 6.45) is -16.9. The van der Waals surface area contributed by atoms with Gasteiger partial charge in [-0.3, -0.25) is 4.79 Å². The molecule has 140 valence electrons. The number of hydrogen-bond acceptors (Lipinski definition) is 11. The molecule has 0 aromatic rings. The van der Waals surface area contributed by atoms with Gasteiger partial charge in [0.05, 0.1) is 13.2 Å². The average molecular weight is 354 g/mol. The minimum absolute atomic E-state index is 0.747. The Morgan fingerprint density at radius 3 is 1.25 bits per heavy atom. The molecule has 11 heteroatoms. The fourth-order valence-corrected chi connectivity index (χ4v) is 2.84. The normalized spacial score (nSPS) is 49.8.